The van der Waals surface area contributed by atoms with Crippen LogP contribution in [0, 0.1) is 0 Å². The third-order valence-electron chi connectivity index (χ3n) is 6.58. The average Bonchev–Trinajstić information content (AvgIpc) is 2.67. The van der Waals surface area contributed by atoms with Gasteiger partial charge in [0.15, 0.2) is 28.7 Å². The molecular weight excluding hydrogens is 574 g/mol. The Kier molecular flexibility index (Phi) is 7.68. The third-order valence-corrected chi connectivity index (χ3v) is 6.93. The molecule has 1 aromatic rings. The smallest absolute Gasteiger partial charge is 0.354 e. The zero-order valence-electron chi connectivity index (χ0n) is 18.9. The van der Waals surface area contributed by atoms with Crippen LogP contribution >= 0.6 is 11.6 Å². The Morgan fingerprint density at radius 2 is 0.897 bits per heavy atom. The molecule has 22 heteroatoms. The zero-order valence-corrected chi connectivity index (χ0v) is 19.6. The Hall–Kier alpha value is -1.97. The highest BCUT2D eigenvalue weighted by atomic mass is 35.5. The molecule has 0 saturated heterocycles. The molecule has 1 aliphatic carbocycles. The first-order valence-corrected chi connectivity index (χ1v) is 10.4. The van der Waals surface area contributed by atoms with Gasteiger partial charge in [0, 0.05) is 0 Å². The van der Waals surface area contributed by atoms with Crippen molar-refractivity contribution in [2.75, 3.05) is 0 Å². The third kappa shape index (κ3) is 4.25. The maximum atomic E-state index is 11.7. The van der Waals surface area contributed by atoms with Crippen molar-refractivity contribution in [2.45, 2.75) is 65.9 Å². The highest BCUT2D eigenvalue weighted by Crippen LogP contribution is 2.66. The quantitative estimate of drug-likeness (QED) is 0.0710. The highest BCUT2D eigenvalue weighted by Gasteiger charge is 2.87. The second-order valence-electron chi connectivity index (χ2n) is 8.88. The lowest BCUT2D eigenvalue weighted by atomic mass is 9.53. The molecule has 0 aliphatic heterocycles. The fraction of sp³-hybridized carbons (Fsp3) is 0.647. The predicted molar refractivity (Wildman–Crippen MR) is 110 cm³/mol. The van der Waals surface area contributed by atoms with Gasteiger partial charge in [-0.3, -0.25) is 0 Å². The van der Waals surface area contributed by atoms with Crippen molar-refractivity contribution in [3.63, 3.8) is 0 Å². The Bertz CT molecular complexity index is 1050. The van der Waals surface area contributed by atoms with E-state index in [2.05, 4.69) is 0 Å². The zero-order chi connectivity index (χ0) is 31.2. The van der Waals surface area contributed by atoms with Gasteiger partial charge in [-0.25, -0.2) is 0 Å². The molecule has 2 rings (SSSR count). The standard InChI is InChI=1S/C17H26ClNO20/c18-5-8(22)6(20)4(7(21)9(5)23)10(2-1-3-10)12(25,19(16(34,35)36)17(37,38)39)13(26,27)11(24,14(28,29)30)15(31,32)33/h20-39H,1-3H2. The monoisotopic (exact) mass is 599 g/mol. The molecule has 1 atom stereocenters. The number of aliphatic hydroxyl groups is 16. The molecule has 0 heterocycles. The Labute approximate surface area is 218 Å². The van der Waals surface area contributed by atoms with Crippen LogP contribution in [-0.2, 0) is 5.41 Å². The molecule has 226 valence electrons. The molecule has 0 spiro atoms. The van der Waals surface area contributed by atoms with Crippen molar-refractivity contribution in [2.24, 2.45) is 0 Å². The van der Waals surface area contributed by atoms with Gasteiger partial charge in [-0.2, -0.15) is 0 Å². The topological polar surface area (TPSA) is 408 Å². The lowest BCUT2D eigenvalue weighted by Gasteiger charge is -2.65. The van der Waals surface area contributed by atoms with E-state index in [1.165, 1.54) is 0 Å². The van der Waals surface area contributed by atoms with Gasteiger partial charge < -0.3 is 102 Å². The van der Waals surface area contributed by atoms with Gasteiger partial charge in [0.05, 0.1) is 11.0 Å². The van der Waals surface area contributed by atoms with Crippen molar-refractivity contribution in [3.05, 3.63) is 10.6 Å². The summed E-state index contributed by atoms with van der Waals surface area (Å²) in [5, 5.41) is 200. The minimum absolute atomic E-state index is 0.441. The number of aromatic hydroxyl groups is 4. The van der Waals surface area contributed by atoms with Gasteiger partial charge >= 0.3 is 24.1 Å². The lowest BCUT2D eigenvalue weighted by Crippen LogP contribution is -2.92. The minimum Gasteiger partial charge on any atom is -0.504 e. The van der Waals surface area contributed by atoms with E-state index in [-0.39, 0.29) is 0 Å². The summed E-state index contributed by atoms with van der Waals surface area (Å²) in [5.41, 5.74) is -16.3. The molecule has 0 bridgehead atoms. The average molecular weight is 600 g/mol. The van der Waals surface area contributed by atoms with Crippen LogP contribution in [-0.4, -0.2) is 148 Å². The summed E-state index contributed by atoms with van der Waals surface area (Å²) in [6.45, 7) is 0. The van der Waals surface area contributed by atoms with Gasteiger partial charge in [-0.15, -0.1) is 4.90 Å². The summed E-state index contributed by atoms with van der Waals surface area (Å²) >= 11 is 5.51. The number of phenols is 4. The number of halogens is 1. The summed E-state index contributed by atoms with van der Waals surface area (Å²) in [6, 6.07) is 0. The second kappa shape index (κ2) is 9.02. The lowest BCUT2D eigenvalue weighted by molar-refractivity contribution is -0.610. The summed E-state index contributed by atoms with van der Waals surface area (Å²) < 4.78 is 0. The van der Waals surface area contributed by atoms with Gasteiger partial charge in [0.25, 0.3) is 11.4 Å². The van der Waals surface area contributed by atoms with Gasteiger partial charge in [0.2, 0.25) is 0 Å². The summed E-state index contributed by atoms with van der Waals surface area (Å²) in [6.07, 6.45) is -13.3. The fourth-order valence-corrected chi connectivity index (χ4v) is 4.89. The van der Waals surface area contributed by atoms with Crippen LogP contribution in [0.3, 0.4) is 0 Å². The van der Waals surface area contributed by atoms with Crippen LogP contribution in [0.2, 0.25) is 5.02 Å². The molecule has 0 amide bonds. The van der Waals surface area contributed by atoms with Crippen molar-refractivity contribution >= 4 is 11.6 Å². The van der Waals surface area contributed by atoms with Crippen LogP contribution in [0.25, 0.3) is 0 Å². The Morgan fingerprint density at radius 3 is 1.13 bits per heavy atom. The van der Waals surface area contributed by atoms with Gasteiger partial charge in [0.1, 0.15) is 5.02 Å². The summed E-state index contributed by atoms with van der Waals surface area (Å²) in [4.78, 5) is -1.86. The SMILES string of the molecule is Oc1c(O)c(C2(C(O)(N(C(O)(O)O)C(O)(O)O)C(O)(O)C(O)(C(O)(O)O)C(O)(O)O)CCC2)c(O)c(O)c1Cl. The number of hydrogen-bond acceptors (Lipinski definition) is 21. The number of hydrogen-bond donors (Lipinski definition) is 20. The van der Waals surface area contributed by atoms with Crippen molar-refractivity contribution in [3.8, 4) is 23.0 Å². The molecule has 1 aliphatic rings. The number of benzene rings is 1. The molecular formula is C17H26ClNO20. The van der Waals surface area contributed by atoms with Crippen LogP contribution in [0.5, 0.6) is 23.0 Å². The van der Waals surface area contributed by atoms with E-state index in [1.807, 2.05) is 0 Å². The molecule has 21 nitrogen and oxygen atoms in total. The van der Waals surface area contributed by atoms with Crippen molar-refractivity contribution < 1.29 is 102 Å². The van der Waals surface area contributed by atoms with Gasteiger partial charge in [-0.05, 0) is 12.8 Å². The van der Waals surface area contributed by atoms with Crippen molar-refractivity contribution in [1.82, 2.24) is 4.90 Å². The molecule has 0 aromatic heterocycles. The van der Waals surface area contributed by atoms with E-state index in [0.29, 0.717) is 0 Å². The number of nitrogens with zero attached hydrogens (tertiary/aromatic N) is 1. The van der Waals surface area contributed by atoms with E-state index >= 15 is 0 Å². The Morgan fingerprint density at radius 1 is 0.564 bits per heavy atom. The van der Waals surface area contributed by atoms with E-state index in [9.17, 15) is 102 Å². The number of phenolic OH excluding ortho intramolecular Hbond substituents is 4. The van der Waals surface area contributed by atoms with E-state index in [1.54, 1.807) is 0 Å². The predicted octanol–water partition coefficient (Wildman–Crippen LogP) is -8.58. The van der Waals surface area contributed by atoms with E-state index in [4.69, 9.17) is 11.6 Å². The molecule has 39 heavy (non-hydrogen) atoms. The molecule has 0 radical (unpaired) electrons. The maximum absolute atomic E-state index is 11.7. The largest absolute Gasteiger partial charge is 0.504 e. The van der Waals surface area contributed by atoms with E-state index < -0.39 is 104 Å². The molecule has 20 N–H and O–H groups in total. The first kappa shape index (κ1) is 33.2. The molecule has 1 aromatic carbocycles. The van der Waals surface area contributed by atoms with E-state index in [0.717, 1.165) is 0 Å². The molecule has 1 saturated carbocycles. The van der Waals surface area contributed by atoms with Crippen molar-refractivity contribution in [1.29, 1.82) is 0 Å². The molecule has 1 unspecified atom stereocenters. The van der Waals surface area contributed by atoms with Crippen LogP contribution in [0.1, 0.15) is 24.8 Å². The maximum Gasteiger partial charge on any atom is 0.354 e. The molecule has 1 fully saturated rings. The normalized spacial score (nSPS) is 19.1. The first-order chi connectivity index (χ1) is 17.0. The summed E-state index contributed by atoms with van der Waals surface area (Å²) in [7, 11) is 0. The van der Waals surface area contributed by atoms with Crippen LogP contribution in [0.15, 0.2) is 0 Å². The second-order valence-corrected chi connectivity index (χ2v) is 9.26. The van der Waals surface area contributed by atoms with Crippen LogP contribution < -0.4 is 0 Å². The minimum atomic E-state index is -5.82. The fourth-order valence-electron chi connectivity index (χ4n) is 4.71. The van der Waals surface area contributed by atoms with Crippen LogP contribution in [0.4, 0.5) is 0 Å². The first-order valence-electron chi connectivity index (χ1n) is 10.0. The van der Waals surface area contributed by atoms with Gasteiger partial charge in [-0.1, -0.05) is 18.0 Å². The summed E-state index contributed by atoms with van der Waals surface area (Å²) in [5.74, 6) is -23.6. The highest BCUT2D eigenvalue weighted by molar-refractivity contribution is 6.34. The number of rotatable bonds is 9. The Balaban J connectivity index is 3.33.